The van der Waals surface area contributed by atoms with Crippen molar-refractivity contribution in [3.8, 4) is 0 Å². The zero-order chi connectivity index (χ0) is 14.0. The van der Waals surface area contributed by atoms with Crippen LogP contribution in [-0.4, -0.2) is 44.6 Å². The Morgan fingerprint density at radius 2 is 2.42 bits per heavy atom. The summed E-state index contributed by atoms with van der Waals surface area (Å²) in [5, 5.41) is 14.3. The maximum absolute atomic E-state index is 12.1. The monoisotopic (exact) mass is 267 g/mol. The van der Waals surface area contributed by atoms with Crippen LogP contribution >= 0.6 is 0 Å². The number of carbonyl (C=O) groups excluding carboxylic acids is 1. The first kappa shape index (κ1) is 13.5. The summed E-state index contributed by atoms with van der Waals surface area (Å²) in [4.78, 5) is 23.9. The molecule has 1 aromatic rings. The van der Waals surface area contributed by atoms with Gasteiger partial charge in [-0.2, -0.15) is 5.10 Å². The van der Waals surface area contributed by atoms with E-state index in [9.17, 15) is 14.9 Å². The molecule has 2 heterocycles. The summed E-state index contributed by atoms with van der Waals surface area (Å²) in [6, 6.07) is 0.159. The van der Waals surface area contributed by atoms with Crippen molar-refractivity contribution in [1.29, 1.82) is 0 Å². The number of hydrogen-bond acceptors (Lipinski definition) is 5. The molecular weight excluding hydrogens is 250 g/mol. The van der Waals surface area contributed by atoms with E-state index in [2.05, 4.69) is 5.10 Å². The molecule has 0 aromatic carbocycles. The zero-order valence-electron chi connectivity index (χ0n) is 10.7. The molecule has 0 bridgehead atoms. The molecule has 2 N–H and O–H groups in total. The maximum Gasteiger partial charge on any atom is 0.307 e. The Morgan fingerprint density at radius 3 is 2.95 bits per heavy atom. The number of hydrogen-bond donors (Lipinski definition) is 1. The first-order valence-electron chi connectivity index (χ1n) is 6.17. The highest BCUT2D eigenvalue weighted by Crippen LogP contribution is 2.22. The third kappa shape index (κ3) is 2.90. The molecule has 1 aliphatic heterocycles. The first-order valence-corrected chi connectivity index (χ1v) is 6.17. The summed E-state index contributed by atoms with van der Waals surface area (Å²) in [6.07, 6.45) is 3.31. The van der Waals surface area contributed by atoms with Crippen LogP contribution in [0.5, 0.6) is 0 Å². The number of aromatic nitrogens is 2. The minimum Gasteiger partial charge on any atom is -0.338 e. The molecule has 1 aliphatic rings. The fourth-order valence-corrected chi connectivity index (χ4v) is 2.42. The van der Waals surface area contributed by atoms with Gasteiger partial charge in [0.2, 0.25) is 5.91 Å². The molecule has 0 aliphatic carbocycles. The fraction of sp³-hybridized carbons (Fsp3) is 0.636. The quantitative estimate of drug-likeness (QED) is 0.609. The van der Waals surface area contributed by atoms with Crippen LogP contribution in [0, 0.1) is 16.0 Å². The standard InChI is InChI=1S/C11H17N5O3/c1-8-2-9(3-12)5-15(8)11(17)7-14-6-10(4-13-14)16(18)19/h4,6,8-9H,2-3,5,7,12H2,1H3. The predicted octanol–water partition coefficient (Wildman–Crippen LogP) is -0.0130. The molecule has 1 aromatic heterocycles. The average molecular weight is 267 g/mol. The molecule has 0 spiro atoms. The van der Waals surface area contributed by atoms with Crippen molar-refractivity contribution in [3.63, 3.8) is 0 Å². The lowest BCUT2D eigenvalue weighted by molar-refractivity contribution is -0.385. The number of carbonyl (C=O) groups is 1. The number of nitrogens with zero attached hydrogens (tertiary/aromatic N) is 4. The van der Waals surface area contributed by atoms with E-state index in [1.165, 1.54) is 10.9 Å². The fourth-order valence-electron chi connectivity index (χ4n) is 2.42. The average Bonchev–Trinajstić information content (AvgIpc) is 2.95. The molecule has 1 fully saturated rings. The van der Waals surface area contributed by atoms with Gasteiger partial charge in [-0.05, 0) is 25.8 Å². The van der Waals surface area contributed by atoms with Crippen molar-refractivity contribution in [1.82, 2.24) is 14.7 Å². The summed E-state index contributed by atoms with van der Waals surface area (Å²) in [6.45, 7) is 3.23. The van der Waals surface area contributed by atoms with Crippen LogP contribution in [0.3, 0.4) is 0 Å². The summed E-state index contributed by atoms with van der Waals surface area (Å²) in [5.41, 5.74) is 5.51. The van der Waals surface area contributed by atoms with Gasteiger partial charge in [-0.3, -0.25) is 19.6 Å². The number of nitrogens with two attached hydrogens (primary N) is 1. The predicted molar refractivity (Wildman–Crippen MR) is 67.2 cm³/mol. The second-order valence-corrected chi connectivity index (χ2v) is 4.89. The molecular formula is C11H17N5O3. The van der Waals surface area contributed by atoms with E-state index >= 15 is 0 Å². The van der Waals surface area contributed by atoms with Gasteiger partial charge >= 0.3 is 5.69 Å². The Balaban J connectivity index is 1.98. The highest BCUT2D eigenvalue weighted by atomic mass is 16.6. The van der Waals surface area contributed by atoms with Gasteiger partial charge in [-0.25, -0.2) is 0 Å². The van der Waals surface area contributed by atoms with Crippen molar-refractivity contribution in [2.45, 2.75) is 25.9 Å². The van der Waals surface area contributed by atoms with Crippen LogP contribution in [0.15, 0.2) is 12.4 Å². The second kappa shape index (κ2) is 5.35. The topological polar surface area (TPSA) is 107 Å². The minimum absolute atomic E-state index is 0.0233. The van der Waals surface area contributed by atoms with E-state index in [0.29, 0.717) is 19.0 Å². The molecule has 2 atom stereocenters. The Hall–Kier alpha value is -1.96. The van der Waals surface area contributed by atoms with Gasteiger partial charge in [0.05, 0.1) is 4.92 Å². The van der Waals surface area contributed by atoms with Gasteiger partial charge in [0, 0.05) is 12.6 Å². The molecule has 8 nitrogen and oxygen atoms in total. The van der Waals surface area contributed by atoms with E-state index in [0.717, 1.165) is 12.6 Å². The third-order valence-corrected chi connectivity index (χ3v) is 3.44. The Bertz CT molecular complexity index is 486. The summed E-state index contributed by atoms with van der Waals surface area (Å²) >= 11 is 0. The van der Waals surface area contributed by atoms with E-state index in [1.54, 1.807) is 4.90 Å². The molecule has 104 valence electrons. The number of amides is 1. The summed E-state index contributed by atoms with van der Waals surface area (Å²) in [5.74, 6) is 0.257. The number of rotatable bonds is 4. The number of likely N-dealkylation sites (tertiary alicyclic amines) is 1. The van der Waals surface area contributed by atoms with Gasteiger partial charge in [-0.15, -0.1) is 0 Å². The first-order chi connectivity index (χ1) is 9.01. The molecule has 1 saturated heterocycles. The zero-order valence-corrected chi connectivity index (χ0v) is 10.7. The van der Waals surface area contributed by atoms with Gasteiger partial charge in [0.25, 0.3) is 0 Å². The van der Waals surface area contributed by atoms with E-state index in [1.807, 2.05) is 6.92 Å². The maximum atomic E-state index is 12.1. The third-order valence-electron chi connectivity index (χ3n) is 3.44. The Labute approximate surface area is 110 Å². The van der Waals surface area contributed by atoms with Crippen molar-refractivity contribution in [2.24, 2.45) is 11.7 Å². The molecule has 8 heteroatoms. The van der Waals surface area contributed by atoms with Gasteiger partial charge in [-0.1, -0.05) is 0 Å². The second-order valence-electron chi connectivity index (χ2n) is 4.89. The molecule has 0 saturated carbocycles. The highest BCUT2D eigenvalue weighted by Gasteiger charge is 2.31. The van der Waals surface area contributed by atoms with Crippen LogP contribution in [0.25, 0.3) is 0 Å². The van der Waals surface area contributed by atoms with Crippen LogP contribution in [-0.2, 0) is 11.3 Å². The molecule has 19 heavy (non-hydrogen) atoms. The molecule has 2 rings (SSSR count). The summed E-state index contributed by atoms with van der Waals surface area (Å²) in [7, 11) is 0. The van der Waals surface area contributed by atoms with Crippen molar-refractivity contribution in [3.05, 3.63) is 22.5 Å². The van der Waals surface area contributed by atoms with Crippen molar-refractivity contribution < 1.29 is 9.72 Å². The lowest BCUT2D eigenvalue weighted by atomic mass is 10.1. The van der Waals surface area contributed by atoms with Gasteiger partial charge in [0.1, 0.15) is 18.9 Å². The lowest BCUT2D eigenvalue weighted by Gasteiger charge is -2.21. The smallest absolute Gasteiger partial charge is 0.307 e. The van der Waals surface area contributed by atoms with Crippen molar-refractivity contribution >= 4 is 11.6 Å². The SMILES string of the molecule is CC1CC(CN)CN1C(=O)Cn1cc([N+](=O)[O-])cn1. The minimum atomic E-state index is -0.531. The highest BCUT2D eigenvalue weighted by molar-refractivity contribution is 5.76. The normalized spacial score (nSPS) is 22.7. The van der Waals surface area contributed by atoms with Gasteiger partial charge in [0.15, 0.2) is 0 Å². The molecule has 2 unspecified atom stereocenters. The van der Waals surface area contributed by atoms with Gasteiger partial charge < -0.3 is 10.6 Å². The summed E-state index contributed by atoms with van der Waals surface area (Å²) < 4.78 is 1.29. The van der Waals surface area contributed by atoms with Crippen LogP contribution < -0.4 is 5.73 Å². The largest absolute Gasteiger partial charge is 0.338 e. The van der Waals surface area contributed by atoms with Crippen LogP contribution in [0.2, 0.25) is 0 Å². The van der Waals surface area contributed by atoms with Crippen LogP contribution in [0.4, 0.5) is 5.69 Å². The van der Waals surface area contributed by atoms with Crippen LogP contribution in [0.1, 0.15) is 13.3 Å². The Morgan fingerprint density at radius 1 is 1.68 bits per heavy atom. The molecule has 1 amide bonds. The van der Waals surface area contributed by atoms with E-state index < -0.39 is 4.92 Å². The number of nitro groups is 1. The molecule has 0 radical (unpaired) electrons. The van der Waals surface area contributed by atoms with Crippen molar-refractivity contribution in [2.75, 3.05) is 13.1 Å². The van der Waals surface area contributed by atoms with E-state index in [4.69, 9.17) is 5.73 Å². The van der Waals surface area contributed by atoms with E-state index in [-0.39, 0.29) is 24.2 Å². The Kier molecular flexibility index (Phi) is 3.79. The lowest BCUT2D eigenvalue weighted by Crippen LogP contribution is -2.36.